The maximum Gasteiger partial charge on any atom is 0.225 e. The molecule has 8 heteroatoms. The smallest absolute Gasteiger partial charge is 0.225 e. The monoisotopic (exact) mass is 377 g/mol. The highest BCUT2D eigenvalue weighted by Gasteiger charge is 2.19. The van der Waals surface area contributed by atoms with E-state index in [1.165, 1.54) is 12.3 Å². The SMILES string of the molecule is O=C(CCc1ccccc1)Nc1ccn(Cc2c(F)c(F)cc(F)c2F)n1. The van der Waals surface area contributed by atoms with Crippen LogP contribution in [-0.4, -0.2) is 15.7 Å². The number of aryl methyl sites for hydroxylation is 1. The Labute approximate surface area is 152 Å². The fourth-order valence-corrected chi connectivity index (χ4v) is 2.55. The molecule has 1 N–H and O–H groups in total. The molecule has 3 rings (SSSR count). The van der Waals surface area contributed by atoms with Crippen LogP contribution >= 0.6 is 0 Å². The number of aromatic nitrogens is 2. The number of benzene rings is 2. The molecule has 1 heterocycles. The number of rotatable bonds is 6. The number of nitrogens with zero attached hydrogens (tertiary/aromatic N) is 2. The Morgan fingerprint density at radius 2 is 1.67 bits per heavy atom. The van der Waals surface area contributed by atoms with Gasteiger partial charge in [0.2, 0.25) is 5.91 Å². The molecule has 0 saturated carbocycles. The van der Waals surface area contributed by atoms with Crippen molar-refractivity contribution in [2.45, 2.75) is 19.4 Å². The first-order valence-corrected chi connectivity index (χ1v) is 8.13. The summed E-state index contributed by atoms with van der Waals surface area (Å²) in [5.74, 6) is -6.02. The van der Waals surface area contributed by atoms with Crippen LogP contribution in [0.1, 0.15) is 17.5 Å². The summed E-state index contributed by atoms with van der Waals surface area (Å²) >= 11 is 0. The highest BCUT2D eigenvalue weighted by atomic mass is 19.2. The van der Waals surface area contributed by atoms with Crippen LogP contribution < -0.4 is 5.32 Å². The number of hydrogen-bond acceptors (Lipinski definition) is 2. The fraction of sp³-hybridized carbons (Fsp3) is 0.158. The molecule has 0 bridgehead atoms. The Morgan fingerprint density at radius 3 is 2.33 bits per heavy atom. The minimum Gasteiger partial charge on any atom is -0.309 e. The van der Waals surface area contributed by atoms with Crippen LogP contribution in [0.5, 0.6) is 0 Å². The average molecular weight is 377 g/mol. The van der Waals surface area contributed by atoms with Crippen molar-refractivity contribution >= 4 is 11.7 Å². The highest BCUT2D eigenvalue weighted by molar-refractivity contribution is 5.89. The molecule has 140 valence electrons. The van der Waals surface area contributed by atoms with Gasteiger partial charge >= 0.3 is 0 Å². The summed E-state index contributed by atoms with van der Waals surface area (Å²) in [6.07, 6.45) is 2.12. The van der Waals surface area contributed by atoms with Crippen LogP contribution in [0.3, 0.4) is 0 Å². The highest BCUT2D eigenvalue weighted by Crippen LogP contribution is 2.20. The number of carbonyl (C=O) groups excluding carboxylic acids is 1. The first-order chi connectivity index (χ1) is 12.9. The topological polar surface area (TPSA) is 46.9 Å². The van der Waals surface area contributed by atoms with Gasteiger partial charge in [-0.05, 0) is 12.0 Å². The molecule has 0 spiro atoms. The average Bonchev–Trinajstić information content (AvgIpc) is 3.10. The summed E-state index contributed by atoms with van der Waals surface area (Å²) in [6, 6.07) is 11.0. The van der Waals surface area contributed by atoms with E-state index in [0.29, 0.717) is 6.42 Å². The fourth-order valence-electron chi connectivity index (χ4n) is 2.55. The van der Waals surface area contributed by atoms with Gasteiger partial charge in [-0.3, -0.25) is 9.48 Å². The van der Waals surface area contributed by atoms with Gasteiger partial charge in [0.1, 0.15) is 0 Å². The number of anilines is 1. The Morgan fingerprint density at radius 1 is 1.00 bits per heavy atom. The molecule has 27 heavy (non-hydrogen) atoms. The molecule has 0 atom stereocenters. The van der Waals surface area contributed by atoms with Crippen LogP contribution in [-0.2, 0) is 17.8 Å². The third kappa shape index (κ3) is 4.52. The van der Waals surface area contributed by atoms with Gasteiger partial charge in [-0.15, -0.1) is 0 Å². The van der Waals surface area contributed by atoms with Gasteiger partial charge in [-0.2, -0.15) is 5.10 Å². The van der Waals surface area contributed by atoms with Crippen LogP contribution in [0.4, 0.5) is 23.4 Å². The van der Waals surface area contributed by atoms with Crippen molar-refractivity contribution in [2.75, 3.05) is 5.32 Å². The standard InChI is InChI=1S/C19H15F4N3O/c20-14-10-15(21)19(23)13(18(14)22)11-26-9-8-16(25-26)24-17(27)7-6-12-4-2-1-3-5-12/h1-5,8-10H,6-7,11H2,(H,24,25,27). The molecular weight excluding hydrogens is 362 g/mol. The minimum absolute atomic E-state index is 0.148. The number of amides is 1. The predicted molar refractivity (Wildman–Crippen MR) is 91.0 cm³/mol. The number of halogens is 4. The van der Waals surface area contributed by atoms with E-state index in [1.54, 1.807) is 0 Å². The van der Waals surface area contributed by atoms with Crippen LogP contribution in [0.2, 0.25) is 0 Å². The number of nitrogens with one attached hydrogen (secondary N) is 1. The zero-order chi connectivity index (χ0) is 19.4. The summed E-state index contributed by atoms with van der Waals surface area (Å²) in [4.78, 5) is 12.0. The van der Waals surface area contributed by atoms with E-state index in [1.807, 2.05) is 30.3 Å². The normalized spacial score (nSPS) is 10.8. The first-order valence-electron chi connectivity index (χ1n) is 8.13. The lowest BCUT2D eigenvalue weighted by Crippen LogP contribution is -2.14. The van der Waals surface area contributed by atoms with Gasteiger partial charge in [0.25, 0.3) is 0 Å². The Hall–Kier alpha value is -3.16. The van der Waals surface area contributed by atoms with Crippen molar-refractivity contribution in [2.24, 2.45) is 0 Å². The van der Waals surface area contributed by atoms with Crippen molar-refractivity contribution in [3.63, 3.8) is 0 Å². The molecule has 4 nitrogen and oxygen atoms in total. The second-order valence-corrected chi connectivity index (χ2v) is 5.88. The van der Waals surface area contributed by atoms with Gasteiger partial charge in [0.05, 0.1) is 12.1 Å². The zero-order valence-electron chi connectivity index (χ0n) is 14.1. The lowest BCUT2D eigenvalue weighted by atomic mass is 10.1. The van der Waals surface area contributed by atoms with Crippen molar-refractivity contribution < 1.29 is 22.4 Å². The Kier molecular flexibility index (Phi) is 5.54. The number of carbonyl (C=O) groups is 1. The lowest BCUT2D eigenvalue weighted by molar-refractivity contribution is -0.116. The summed E-state index contributed by atoms with van der Waals surface area (Å²) < 4.78 is 55.0. The second-order valence-electron chi connectivity index (χ2n) is 5.88. The second kappa shape index (κ2) is 8.03. The summed E-state index contributed by atoms with van der Waals surface area (Å²) in [6.45, 7) is -0.522. The van der Waals surface area contributed by atoms with Gasteiger partial charge in [-0.25, -0.2) is 17.6 Å². The largest absolute Gasteiger partial charge is 0.309 e. The van der Waals surface area contributed by atoms with E-state index in [-0.39, 0.29) is 24.2 Å². The molecule has 0 fully saturated rings. The molecule has 3 aromatic rings. The van der Waals surface area contributed by atoms with Gasteiger partial charge in [0.15, 0.2) is 29.1 Å². The zero-order valence-corrected chi connectivity index (χ0v) is 14.1. The molecule has 0 aliphatic carbocycles. The lowest BCUT2D eigenvalue weighted by Gasteiger charge is -2.07. The molecular formula is C19H15F4N3O. The van der Waals surface area contributed by atoms with Crippen LogP contribution in [0, 0.1) is 23.3 Å². The van der Waals surface area contributed by atoms with Crippen molar-refractivity contribution in [3.8, 4) is 0 Å². The quantitative estimate of drug-likeness (QED) is 0.520. The van der Waals surface area contributed by atoms with E-state index in [0.717, 1.165) is 10.2 Å². The van der Waals surface area contributed by atoms with E-state index < -0.39 is 35.4 Å². The summed E-state index contributed by atoms with van der Waals surface area (Å²) in [5.41, 5.74) is 0.231. The Bertz CT molecular complexity index is 931. The molecule has 0 aliphatic heterocycles. The van der Waals surface area contributed by atoms with E-state index in [4.69, 9.17) is 0 Å². The third-order valence-corrected chi connectivity index (χ3v) is 3.91. The maximum absolute atomic E-state index is 13.7. The van der Waals surface area contributed by atoms with Crippen LogP contribution in [0.25, 0.3) is 0 Å². The molecule has 0 aliphatic rings. The predicted octanol–water partition coefficient (Wildman–Crippen LogP) is 4.06. The minimum atomic E-state index is -1.48. The van der Waals surface area contributed by atoms with E-state index in [2.05, 4.69) is 10.4 Å². The molecule has 1 aromatic heterocycles. The van der Waals surface area contributed by atoms with Crippen LogP contribution in [0.15, 0.2) is 48.7 Å². The van der Waals surface area contributed by atoms with Crippen molar-refractivity contribution in [1.82, 2.24) is 9.78 Å². The molecule has 1 amide bonds. The molecule has 0 saturated heterocycles. The summed E-state index contributed by atoms with van der Waals surface area (Å²) in [5, 5.41) is 6.51. The van der Waals surface area contributed by atoms with Gasteiger partial charge in [-0.1, -0.05) is 30.3 Å². The van der Waals surface area contributed by atoms with Crippen molar-refractivity contribution in [1.29, 1.82) is 0 Å². The van der Waals surface area contributed by atoms with E-state index in [9.17, 15) is 22.4 Å². The van der Waals surface area contributed by atoms with Crippen molar-refractivity contribution in [3.05, 3.63) is 83.1 Å². The van der Waals surface area contributed by atoms with Gasteiger partial charge < -0.3 is 5.32 Å². The van der Waals surface area contributed by atoms with E-state index >= 15 is 0 Å². The Balaban J connectivity index is 1.63. The molecule has 0 radical (unpaired) electrons. The maximum atomic E-state index is 13.7. The third-order valence-electron chi connectivity index (χ3n) is 3.91. The number of hydrogen-bond donors (Lipinski definition) is 1. The molecule has 0 unspecified atom stereocenters. The summed E-state index contributed by atoms with van der Waals surface area (Å²) in [7, 11) is 0. The first kappa shape index (κ1) is 18.6. The van der Waals surface area contributed by atoms with Gasteiger partial charge in [0, 0.05) is 24.8 Å². The molecule has 2 aromatic carbocycles.